The zero-order chi connectivity index (χ0) is 18.0. The molecule has 0 bridgehead atoms. The molecule has 4 nitrogen and oxygen atoms in total. The Labute approximate surface area is 149 Å². The summed E-state index contributed by atoms with van der Waals surface area (Å²) < 4.78 is 13.2. The summed E-state index contributed by atoms with van der Waals surface area (Å²) in [6, 6.07) is 15.4. The first-order chi connectivity index (χ1) is 12.0. The summed E-state index contributed by atoms with van der Waals surface area (Å²) in [5.41, 5.74) is 2.88. The zero-order valence-corrected chi connectivity index (χ0v) is 14.3. The fourth-order valence-corrected chi connectivity index (χ4v) is 2.83. The first-order valence-corrected chi connectivity index (χ1v) is 7.99. The predicted octanol–water partition coefficient (Wildman–Crippen LogP) is 3.73. The van der Waals surface area contributed by atoms with E-state index in [9.17, 15) is 9.18 Å². The van der Waals surface area contributed by atoms with Gasteiger partial charge in [-0.05, 0) is 36.4 Å². The lowest BCUT2D eigenvalue weighted by Crippen LogP contribution is -2.31. The Morgan fingerprint density at radius 1 is 1.20 bits per heavy atom. The Bertz CT molecular complexity index is 957. The van der Waals surface area contributed by atoms with Crippen LogP contribution in [0.4, 0.5) is 4.39 Å². The van der Waals surface area contributed by atoms with E-state index in [0.717, 1.165) is 22.0 Å². The van der Waals surface area contributed by atoms with Crippen molar-refractivity contribution in [2.45, 2.75) is 0 Å². The first-order valence-electron chi connectivity index (χ1n) is 7.58. The van der Waals surface area contributed by atoms with Crippen LogP contribution in [0, 0.1) is 5.82 Å². The molecule has 0 saturated carbocycles. The van der Waals surface area contributed by atoms with E-state index < -0.39 is 5.97 Å². The van der Waals surface area contributed by atoms with Crippen LogP contribution < -0.4 is 0 Å². The lowest BCUT2D eigenvalue weighted by Gasteiger charge is -2.19. The van der Waals surface area contributed by atoms with Crippen LogP contribution in [0.15, 0.2) is 54.6 Å². The minimum absolute atomic E-state index is 0.193. The number of aliphatic carboxylic acids is 1. The summed E-state index contributed by atoms with van der Waals surface area (Å²) in [5.74, 6) is -1.27. The van der Waals surface area contributed by atoms with Crippen molar-refractivity contribution in [2.75, 3.05) is 13.6 Å². The number of hydrogen-bond acceptors (Lipinski definition) is 3. The lowest BCUT2D eigenvalue weighted by molar-refractivity contribution is -0.137. The van der Waals surface area contributed by atoms with Crippen LogP contribution in [0.5, 0.6) is 0 Å². The predicted molar refractivity (Wildman–Crippen MR) is 99.1 cm³/mol. The van der Waals surface area contributed by atoms with E-state index in [1.54, 1.807) is 19.2 Å². The number of nitrogens with zero attached hydrogens (tertiary/aromatic N) is 2. The van der Waals surface area contributed by atoms with Gasteiger partial charge < -0.3 is 10.0 Å². The van der Waals surface area contributed by atoms with Crippen LogP contribution in [0.2, 0.25) is 0 Å². The third-order valence-corrected chi connectivity index (χ3v) is 4.34. The summed E-state index contributed by atoms with van der Waals surface area (Å²) in [6.45, 7) is -0.193. The van der Waals surface area contributed by atoms with Crippen LogP contribution in [-0.2, 0) is 4.79 Å². The largest absolute Gasteiger partial charge is 0.480 e. The van der Waals surface area contributed by atoms with Crippen molar-refractivity contribution in [3.63, 3.8) is 0 Å². The van der Waals surface area contributed by atoms with Crippen molar-refractivity contribution in [1.82, 2.24) is 9.88 Å². The molecule has 0 aliphatic rings. The van der Waals surface area contributed by atoms with Crippen molar-refractivity contribution in [1.29, 1.82) is 0 Å². The van der Waals surface area contributed by atoms with Gasteiger partial charge in [0.1, 0.15) is 17.4 Å². The molecule has 2 aromatic carbocycles. The number of halogens is 1. The lowest BCUT2D eigenvalue weighted by atomic mass is 10.0. The Kier molecular flexibility index (Phi) is 4.72. The molecule has 126 valence electrons. The highest BCUT2D eigenvalue weighted by molar-refractivity contribution is 7.80. The van der Waals surface area contributed by atoms with Gasteiger partial charge in [-0.1, -0.05) is 30.4 Å². The van der Waals surface area contributed by atoms with Gasteiger partial charge in [-0.2, -0.15) is 0 Å². The van der Waals surface area contributed by atoms with Gasteiger partial charge in [-0.3, -0.25) is 4.79 Å². The second-order valence-corrected chi connectivity index (χ2v) is 6.02. The molecule has 0 aliphatic heterocycles. The maximum atomic E-state index is 13.2. The Hall–Kier alpha value is -2.86. The van der Waals surface area contributed by atoms with Crippen molar-refractivity contribution >= 4 is 34.1 Å². The van der Waals surface area contributed by atoms with Gasteiger partial charge in [0, 0.05) is 23.6 Å². The molecular weight excluding hydrogens is 339 g/mol. The maximum absolute atomic E-state index is 13.2. The number of thiocarbonyl (C=S) groups is 1. The minimum atomic E-state index is -0.957. The second-order valence-electron chi connectivity index (χ2n) is 5.63. The quantitative estimate of drug-likeness (QED) is 0.724. The van der Waals surface area contributed by atoms with Gasteiger partial charge in [0.2, 0.25) is 0 Å². The average molecular weight is 354 g/mol. The molecule has 6 heteroatoms. The molecule has 3 rings (SSSR count). The molecule has 0 spiro atoms. The van der Waals surface area contributed by atoms with Crippen molar-refractivity contribution < 1.29 is 14.3 Å². The molecule has 0 aliphatic carbocycles. The zero-order valence-electron chi connectivity index (χ0n) is 13.4. The second kappa shape index (κ2) is 6.94. The van der Waals surface area contributed by atoms with Crippen molar-refractivity contribution in [3.05, 3.63) is 66.0 Å². The number of hydrogen-bond donors (Lipinski definition) is 1. The van der Waals surface area contributed by atoms with E-state index in [1.807, 2.05) is 30.3 Å². The minimum Gasteiger partial charge on any atom is -0.480 e. The molecule has 0 saturated heterocycles. The highest BCUT2D eigenvalue weighted by Crippen LogP contribution is 2.26. The number of para-hydroxylation sites is 1. The molecule has 25 heavy (non-hydrogen) atoms. The Balaban J connectivity index is 2.14. The van der Waals surface area contributed by atoms with Crippen LogP contribution >= 0.6 is 12.2 Å². The molecule has 0 atom stereocenters. The normalized spacial score (nSPS) is 10.6. The van der Waals surface area contributed by atoms with E-state index >= 15 is 0 Å². The molecule has 1 N–H and O–H groups in total. The molecule has 1 heterocycles. The molecule has 0 radical (unpaired) electrons. The highest BCUT2D eigenvalue weighted by Gasteiger charge is 2.16. The summed E-state index contributed by atoms with van der Waals surface area (Å²) in [5, 5.41) is 9.85. The first kappa shape index (κ1) is 17.0. The van der Waals surface area contributed by atoms with Crippen LogP contribution in [0.3, 0.4) is 0 Å². The number of carboxylic acids is 1. The van der Waals surface area contributed by atoms with E-state index in [1.165, 1.54) is 17.0 Å². The topological polar surface area (TPSA) is 53.4 Å². The fraction of sp³-hybridized carbons (Fsp3) is 0.105. The number of rotatable bonds is 4. The van der Waals surface area contributed by atoms with Gasteiger partial charge in [-0.25, -0.2) is 9.37 Å². The SMILES string of the molecule is CN(CC(=O)O)C(=S)c1cc(-c2ccc(F)cc2)nc2ccccc12. The van der Waals surface area contributed by atoms with Crippen LogP contribution in [0.25, 0.3) is 22.2 Å². The van der Waals surface area contributed by atoms with Crippen LogP contribution in [-0.4, -0.2) is 39.5 Å². The average Bonchev–Trinajstić information content (AvgIpc) is 2.60. The maximum Gasteiger partial charge on any atom is 0.323 e. The Morgan fingerprint density at radius 2 is 1.88 bits per heavy atom. The summed E-state index contributed by atoms with van der Waals surface area (Å²) >= 11 is 5.49. The summed E-state index contributed by atoms with van der Waals surface area (Å²) in [4.78, 5) is 17.5. The van der Waals surface area contributed by atoms with Gasteiger partial charge in [0.05, 0.1) is 11.2 Å². The van der Waals surface area contributed by atoms with E-state index in [4.69, 9.17) is 17.3 Å². The number of benzene rings is 2. The molecule has 0 fully saturated rings. The standard InChI is InChI=1S/C19H15FN2O2S/c1-22(11-18(23)24)19(25)15-10-17(12-6-8-13(20)9-7-12)21-16-5-3-2-4-14(15)16/h2-10H,11H2,1H3,(H,23,24). The Morgan fingerprint density at radius 3 is 2.56 bits per heavy atom. The molecule has 0 unspecified atom stereocenters. The van der Waals surface area contributed by atoms with Gasteiger partial charge in [0.25, 0.3) is 0 Å². The number of carboxylic acid groups (broad SMARTS) is 1. The van der Waals surface area contributed by atoms with Gasteiger partial charge in [-0.15, -0.1) is 0 Å². The smallest absolute Gasteiger partial charge is 0.323 e. The van der Waals surface area contributed by atoms with Crippen molar-refractivity contribution in [2.24, 2.45) is 0 Å². The fourth-order valence-electron chi connectivity index (χ4n) is 2.60. The third kappa shape index (κ3) is 3.64. The van der Waals surface area contributed by atoms with E-state index in [2.05, 4.69) is 4.98 Å². The summed E-state index contributed by atoms with van der Waals surface area (Å²) in [7, 11) is 1.64. The molecule has 0 amide bonds. The van der Waals surface area contributed by atoms with E-state index in [0.29, 0.717) is 10.7 Å². The molecule has 3 aromatic rings. The molecular formula is C19H15FN2O2S. The third-order valence-electron chi connectivity index (χ3n) is 3.81. The number of carbonyl (C=O) groups is 1. The van der Waals surface area contributed by atoms with Crippen LogP contribution in [0.1, 0.15) is 5.56 Å². The highest BCUT2D eigenvalue weighted by atomic mass is 32.1. The number of pyridine rings is 1. The number of likely N-dealkylation sites (N-methyl/N-ethyl adjacent to an activating group) is 1. The van der Waals surface area contributed by atoms with E-state index in [-0.39, 0.29) is 12.4 Å². The monoisotopic (exact) mass is 354 g/mol. The molecule has 1 aromatic heterocycles. The number of fused-ring (bicyclic) bond motifs is 1. The van der Waals surface area contributed by atoms with Crippen molar-refractivity contribution in [3.8, 4) is 11.3 Å². The summed E-state index contributed by atoms with van der Waals surface area (Å²) in [6.07, 6.45) is 0. The van der Waals surface area contributed by atoms with Gasteiger partial charge in [0.15, 0.2) is 0 Å². The number of aromatic nitrogens is 1. The van der Waals surface area contributed by atoms with Gasteiger partial charge >= 0.3 is 5.97 Å².